The lowest BCUT2D eigenvalue weighted by Gasteiger charge is -2.29. The van der Waals surface area contributed by atoms with E-state index in [9.17, 15) is 0 Å². The molecule has 0 amide bonds. The van der Waals surface area contributed by atoms with E-state index in [1.54, 1.807) is 0 Å². The summed E-state index contributed by atoms with van der Waals surface area (Å²) >= 11 is 6.10. The summed E-state index contributed by atoms with van der Waals surface area (Å²) in [6.45, 7) is 5.86. The Balaban J connectivity index is 2.03. The van der Waals surface area contributed by atoms with Crippen molar-refractivity contribution < 1.29 is 0 Å². The van der Waals surface area contributed by atoms with Crippen LogP contribution in [-0.2, 0) is 6.54 Å². The van der Waals surface area contributed by atoms with E-state index in [4.69, 9.17) is 11.6 Å². The van der Waals surface area contributed by atoms with Crippen LogP contribution < -0.4 is 9.80 Å². The summed E-state index contributed by atoms with van der Waals surface area (Å²) in [6.07, 6.45) is 0. The fourth-order valence-corrected chi connectivity index (χ4v) is 3.14. The van der Waals surface area contributed by atoms with Crippen molar-refractivity contribution in [2.75, 3.05) is 23.4 Å². The molecule has 110 valence electrons. The van der Waals surface area contributed by atoms with E-state index in [1.807, 2.05) is 13.0 Å². The second-order valence-electron chi connectivity index (χ2n) is 5.58. The van der Waals surface area contributed by atoms with Crippen LogP contribution in [0.4, 0.5) is 11.5 Å². The van der Waals surface area contributed by atoms with Crippen molar-refractivity contribution >= 4 is 23.1 Å². The van der Waals surface area contributed by atoms with Gasteiger partial charge in [-0.05, 0) is 25.5 Å². The molecule has 0 saturated carbocycles. The lowest BCUT2D eigenvalue weighted by atomic mass is 10.1. The van der Waals surface area contributed by atoms with E-state index in [2.05, 4.69) is 58.0 Å². The Bertz CT molecular complexity index is 638. The number of hydrogen-bond acceptors (Lipinski definition) is 4. The summed E-state index contributed by atoms with van der Waals surface area (Å²) in [5.41, 5.74) is 2.58. The fourth-order valence-electron chi connectivity index (χ4n) is 2.92. The number of para-hydroxylation sites is 1. The van der Waals surface area contributed by atoms with Crippen LogP contribution in [-0.4, -0.2) is 29.6 Å². The molecule has 1 aromatic carbocycles. The van der Waals surface area contributed by atoms with E-state index in [0.29, 0.717) is 17.0 Å². The number of rotatable bonds is 1. The molecule has 1 atom stereocenters. The standard InChI is InChI=1S/C16H19ClN4/c1-11-9-20(3)14-7-5-4-6-13(14)10-21(11)16-8-15(17)18-12(2)19-16/h4-8,11H,9-10H2,1-3H3. The Hall–Kier alpha value is -1.81. The Kier molecular flexibility index (Phi) is 3.72. The molecule has 3 rings (SSSR count). The molecule has 1 aliphatic rings. The van der Waals surface area contributed by atoms with E-state index in [1.165, 1.54) is 11.3 Å². The van der Waals surface area contributed by atoms with E-state index in [0.717, 1.165) is 18.9 Å². The molecular weight excluding hydrogens is 284 g/mol. The molecule has 0 fully saturated rings. The molecule has 2 aromatic rings. The first-order chi connectivity index (χ1) is 10.0. The van der Waals surface area contributed by atoms with Crippen LogP contribution in [0.3, 0.4) is 0 Å². The van der Waals surface area contributed by atoms with Crippen molar-refractivity contribution in [1.29, 1.82) is 0 Å². The average Bonchev–Trinajstić information content (AvgIpc) is 2.55. The summed E-state index contributed by atoms with van der Waals surface area (Å²) in [6, 6.07) is 10.7. The Morgan fingerprint density at radius 2 is 2.00 bits per heavy atom. The minimum Gasteiger partial charge on any atom is -0.372 e. The van der Waals surface area contributed by atoms with Gasteiger partial charge in [-0.2, -0.15) is 0 Å². The lowest BCUT2D eigenvalue weighted by molar-refractivity contribution is 0.634. The van der Waals surface area contributed by atoms with Gasteiger partial charge in [-0.25, -0.2) is 9.97 Å². The molecule has 2 heterocycles. The van der Waals surface area contributed by atoms with Crippen molar-refractivity contribution in [3.63, 3.8) is 0 Å². The van der Waals surface area contributed by atoms with Crippen LogP contribution in [0.1, 0.15) is 18.3 Å². The first kappa shape index (κ1) is 14.1. The molecule has 1 aliphatic heterocycles. The van der Waals surface area contributed by atoms with Crippen LogP contribution in [0.5, 0.6) is 0 Å². The smallest absolute Gasteiger partial charge is 0.134 e. The van der Waals surface area contributed by atoms with Gasteiger partial charge in [0, 0.05) is 37.9 Å². The molecule has 4 nitrogen and oxygen atoms in total. The van der Waals surface area contributed by atoms with Gasteiger partial charge in [-0.15, -0.1) is 0 Å². The van der Waals surface area contributed by atoms with E-state index < -0.39 is 0 Å². The third kappa shape index (κ3) is 2.81. The highest BCUT2D eigenvalue weighted by Crippen LogP contribution is 2.29. The van der Waals surface area contributed by atoms with Crippen molar-refractivity contribution in [3.05, 3.63) is 46.9 Å². The van der Waals surface area contributed by atoms with Gasteiger partial charge in [0.2, 0.25) is 0 Å². The average molecular weight is 303 g/mol. The van der Waals surface area contributed by atoms with Crippen LogP contribution in [0.25, 0.3) is 0 Å². The van der Waals surface area contributed by atoms with Gasteiger partial charge >= 0.3 is 0 Å². The number of fused-ring (bicyclic) bond motifs is 1. The first-order valence-electron chi connectivity index (χ1n) is 7.11. The van der Waals surface area contributed by atoms with Crippen molar-refractivity contribution in [1.82, 2.24) is 9.97 Å². The predicted octanol–water partition coefficient (Wildman–Crippen LogP) is 3.28. The molecule has 0 radical (unpaired) electrons. The summed E-state index contributed by atoms with van der Waals surface area (Å²) in [7, 11) is 2.14. The number of aromatic nitrogens is 2. The number of benzene rings is 1. The second kappa shape index (κ2) is 5.53. The van der Waals surface area contributed by atoms with Gasteiger partial charge in [0.1, 0.15) is 16.8 Å². The molecule has 0 saturated heterocycles. The highest BCUT2D eigenvalue weighted by molar-refractivity contribution is 6.29. The number of likely N-dealkylation sites (N-methyl/N-ethyl adjacent to an activating group) is 1. The third-order valence-corrected chi connectivity index (χ3v) is 4.09. The predicted molar refractivity (Wildman–Crippen MR) is 87.1 cm³/mol. The molecule has 0 spiro atoms. The molecular formula is C16H19ClN4. The maximum Gasteiger partial charge on any atom is 0.134 e. The van der Waals surface area contributed by atoms with Crippen molar-refractivity contribution in [3.8, 4) is 0 Å². The summed E-state index contributed by atoms with van der Waals surface area (Å²) in [4.78, 5) is 13.3. The van der Waals surface area contributed by atoms with Crippen LogP contribution in [0.2, 0.25) is 5.15 Å². The topological polar surface area (TPSA) is 32.3 Å². The largest absolute Gasteiger partial charge is 0.372 e. The minimum absolute atomic E-state index is 0.341. The first-order valence-corrected chi connectivity index (χ1v) is 7.49. The van der Waals surface area contributed by atoms with Gasteiger partial charge in [-0.1, -0.05) is 29.8 Å². The number of halogens is 1. The van der Waals surface area contributed by atoms with Crippen LogP contribution in [0.15, 0.2) is 30.3 Å². The summed E-state index contributed by atoms with van der Waals surface area (Å²) < 4.78 is 0. The number of nitrogens with zero attached hydrogens (tertiary/aromatic N) is 4. The monoisotopic (exact) mass is 302 g/mol. The molecule has 5 heteroatoms. The molecule has 21 heavy (non-hydrogen) atoms. The zero-order valence-corrected chi connectivity index (χ0v) is 13.3. The van der Waals surface area contributed by atoms with Gasteiger partial charge in [0.05, 0.1) is 0 Å². The number of hydrogen-bond donors (Lipinski definition) is 0. The van der Waals surface area contributed by atoms with Gasteiger partial charge in [0.15, 0.2) is 0 Å². The molecule has 0 bridgehead atoms. The molecule has 1 aromatic heterocycles. The number of aryl methyl sites for hydroxylation is 1. The maximum atomic E-state index is 6.10. The minimum atomic E-state index is 0.341. The second-order valence-corrected chi connectivity index (χ2v) is 5.97. The quantitative estimate of drug-likeness (QED) is 0.757. The highest BCUT2D eigenvalue weighted by atomic mass is 35.5. The van der Waals surface area contributed by atoms with Gasteiger partial charge in [-0.3, -0.25) is 0 Å². The van der Waals surface area contributed by atoms with Crippen LogP contribution in [0, 0.1) is 6.92 Å². The fraction of sp³-hybridized carbons (Fsp3) is 0.375. The number of anilines is 2. The summed E-state index contributed by atoms with van der Waals surface area (Å²) in [5.74, 6) is 1.60. The van der Waals surface area contributed by atoms with Crippen molar-refractivity contribution in [2.24, 2.45) is 0 Å². The Labute approximate surface area is 130 Å². The normalized spacial score (nSPS) is 18.4. The van der Waals surface area contributed by atoms with E-state index >= 15 is 0 Å². The zero-order valence-electron chi connectivity index (χ0n) is 12.5. The van der Waals surface area contributed by atoms with E-state index in [-0.39, 0.29) is 0 Å². The van der Waals surface area contributed by atoms with Crippen LogP contribution >= 0.6 is 11.6 Å². The van der Waals surface area contributed by atoms with Crippen molar-refractivity contribution in [2.45, 2.75) is 26.4 Å². The summed E-state index contributed by atoms with van der Waals surface area (Å²) in [5, 5.41) is 0.496. The SMILES string of the molecule is Cc1nc(Cl)cc(N2Cc3ccccc3N(C)CC2C)n1. The third-order valence-electron chi connectivity index (χ3n) is 3.90. The Morgan fingerprint density at radius 3 is 2.76 bits per heavy atom. The lowest BCUT2D eigenvalue weighted by Crippen LogP contribution is -2.38. The molecule has 0 aliphatic carbocycles. The highest BCUT2D eigenvalue weighted by Gasteiger charge is 2.24. The molecule has 1 unspecified atom stereocenters. The zero-order chi connectivity index (χ0) is 15.0. The maximum absolute atomic E-state index is 6.10. The van der Waals surface area contributed by atoms with Gasteiger partial charge < -0.3 is 9.80 Å². The molecule has 0 N–H and O–H groups in total. The Morgan fingerprint density at radius 1 is 1.24 bits per heavy atom. The van der Waals surface area contributed by atoms with Gasteiger partial charge in [0.25, 0.3) is 0 Å².